The maximum atomic E-state index is 13.0. The van der Waals surface area contributed by atoms with Gasteiger partial charge >= 0.3 is 0 Å². The van der Waals surface area contributed by atoms with E-state index in [2.05, 4.69) is 10.2 Å². The van der Waals surface area contributed by atoms with E-state index in [9.17, 15) is 19.5 Å². The average molecular weight is 490 g/mol. The second-order valence-electron chi connectivity index (χ2n) is 10.5. The van der Waals surface area contributed by atoms with Gasteiger partial charge in [-0.3, -0.25) is 24.6 Å². The molecule has 0 aromatic heterocycles. The summed E-state index contributed by atoms with van der Waals surface area (Å²) in [6, 6.07) is 12.9. The summed E-state index contributed by atoms with van der Waals surface area (Å²) in [7, 11) is 0. The van der Waals surface area contributed by atoms with Crippen LogP contribution >= 0.6 is 0 Å². The van der Waals surface area contributed by atoms with Crippen molar-refractivity contribution in [3.63, 3.8) is 0 Å². The summed E-state index contributed by atoms with van der Waals surface area (Å²) in [4.78, 5) is 40.9. The number of piperidine rings is 1. The lowest BCUT2D eigenvalue weighted by Crippen LogP contribution is -2.57. The van der Waals surface area contributed by atoms with E-state index in [1.54, 1.807) is 23.1 Å². The SMILES string of the molecule is O=C1CCC(N2Cc3cc(O[C@@H]4CCCC[C@@H]4N4CC(c5ccc(O)cc5)C4)ccc3C2=O)C(=O)N1. The van der Waals surface area contributed by atoms with Gasteiger partial charge in [-0.2, -0.15) is 0 Å². The van der Waals surface area contributed by atoms with Gasteiger partial charge in [-0.25, -0.2) is 0 Å². The van der Waals surface area contributed by atoms with Gasteiger partial charge in [0, 0.05) is 43.6 Å². The maximum absolute atomic E-state index is 13.0. The summed E-state index contributed by atoms with van der Waals surface area (Å²) in [6.45, 7) is 2.34. The Morgan fingerprint density at radius 3 is 2.50 bits per heavy atom. The van der Waals surface area contributed by atoms with Crippen LogP contribution in [0.1, 0.15) is 65.9 Å². The third-order valence-electron chi connectivity index (χ3n) is 8.19. The van der Waals surface area contributed by atoms with Gasteiger partial charge in [0.15, 0.2) is 0 Å². The first kappa shape index (κ1) is 23.0. The molecule has 2 aromatic carbocycles. The number of imide groups is 1. The highest BCUT2D eigenvalue weighted by molar-refractivity contribution is 6.05. The van der Waals surface area contributed by atoms with Crippen molar-refractivity contribution in [1.29, 1.82) is 0 Å². The summed E-state index contributed by atoms with van der Waals surface area (Å²) in [5, 5.41) is 11.9. The van der Waals surface area contributed by atoms with Crippen LogP contribution in [0, 0.1) is 0 Å². The summed E-state index contributed by atoms with van der Waals surface area (Å²) < 4.78 is 6.53. The molecule has 8 nitrogen and oxygen atoms in total. The monoisotopic (exact) mass is 489 g/mol. The first-order chi connectivity index (χ1) is 17.5. The predicted molar refractivity (Wildman–Crippen MR) is 132 cm³/mol. The molecule has 4 aliphatic rings. The van der Waals surface area contributed by atoms with E-state index in [0.29, 0.717) is 36.2 Å². The Balaban J connectivity index is 1.11. The van der Waals surface area contributed by atoms with E-state index in [-0.39, 0.29) is 24.3 Å². The largest absolute Gasteiger partial charge is 0.508 e. The van der Waals surface area contributed by atoms with E-state index < -0.39 is 11.9 Å². The van der Waals surface area contributed by atoms with Gasteiger partial charge in [0.05, 0.1) is 0 Å². The molecule has 3 heterocycles. The number of fused-ring (bicyclic) bond motifs is 1. The van der Waals surface area contributed by atoms with Crippen LogP contribution in [0.4, 0.5) is 0 Å². The second-order valence-corrected chi connectivity index (χ2v) is 10.5. The number of rotatable bonds is 5. The molecule has 3 amide bonds. The number of aromatic hydroxyl groups is 1. The van der Waals surface area contributed by atoms with Crippen molar-refractivity contribution < 1.29 is 24.2 Å². The molecule has 3 atom stereocenters. The highest BCUT2D eigenvalue weighted by Gasteiger charge is 2.41. The zero-order valence-electron chi connectivity index (χ0n) is 20.2. The Bertz CT molecular complexity index is 1190. The molecule has 3 aliphatic heterocycles. The molecule has 3 fully saturated rings. The molecule has 36 heavy (non-hydrogen) atoms. The van der Waals surface area contributed by atoms with Crippen LogP contribution in [0.5, 0.6) is 11.5 Å². The lowest BCUT2D eigenvalue weighted by molar-refractivity contribution is -0.136. The fourth-order valence-corrected chi connectivity index (χ4v) is 6.17. The quantitative estimate of drug-likeness (QED) is 0.627. The lowest BCUT2D eigenvalue weighted by atomic mass is 9.84. The van der Waals surface area contributed by atoms with Gasteiger partial charge in [0.1, 0.15) is 23.6 Å². The van der Waals surface area contributed by atoms with Gasteiger partial charge in [-0.1, -0.05) is 18.6 Å². The van der Waals surface area contributed by atoms with E-state index in [4.69, 9.17) is 4.74 Å². The molecule has 0 bridgehead atoms. The number of nitrogens with one attached hydrogen (secondary N) is 1. The Morgan fingerprint density at radius 2 is 1.72 bits per heavy atom. The molecular formula is C28H31N3O5. The minimum atomic E-state index is -0.609. The molecule has 2 N–H and O–H groups in total. The second kappa shape index (κ2) is 9.24. The molecule has 1 unspecified atom stereocenters. The number of phenolic OH excluding ortho intramolecular Hbond substituents is 1. The number of carbonyl (C=O) groups is 3. The van der Waals surface area contributed by atoms with Crippen molar-refractivity contribution in [2.45, 2.75) is 69.2 Å². The third-order valence-corrected chi connectivity index (χ3v) is 8.19. The Hall–Kier alpha value is -3.39. The first-order valence-corrected chi connectivity index (χ1v) is 12.9. The topological polar surface area (TPSA) is 99.2 Å². The summed E-state index contributed by atoms with van der Waals surface area (Å²) >= 11 is 0. The van der Waals surface area contributed by atoms with Crippen LogP contribution in [0.2, 0.25) is 0 Å². The molecule has 2 saturated heterocycles. The fourth-order valence-electron chi connectivity index (χ4n) is 6.17. The number of hydrogen-bond donors (Lipinski definition) is 2. The van der Waals surface area contributed by atoms with Gasteiger partial charge in [0.2, 0.25) is 11.8 Å². The number of hydrogen-bond acceptors (Lipinski definition) is 6. The molecule has 1 aliphatic carbocycles. The lowest BCUT2D eigenvalue weighted by Gasteiger charge is -2.48. The van der Waals surface area contributed by atoms with Crippen molar-refractivity contribution in [3.8, 4) is 11.5 Å². The number of ether oxygens (including phenoxy) is 1. The summed E-state index contributed by atoms with van der Waals surface area (Å²) in [5.41, 5.74) is 2.74. The molecular weight excluding hydrogens is 458 g/mol. The average Bonchev–Trinajstić information content (AvgIpc) is 3.16. The van der Waals surface area contributed by atoms with Crippen molar-refractivity contribution in [2.75, 3.05) is 13.1 Å². The van der Waals surface area contributed by atoms with Gasteiger partial charge in [-0.05, 0) is 67.1 Å². The summed E-state index contributed by atoms with van der Waals surface area (Å²) in [6.07, 6.45) is 5.16. The van der Waals surface area contributed by atoms with Crippen molar-refractivity contribution in [2.24, 2.45) is 0 Å². The highest BCUT2D eigenvalue weighted by atomic mass is 16.5. The zero-order chi connectivity index (χ0) is 24.8. The van der Waals surface area contributed by atoms with E-state index in [1.165, 1.54) is 12.0 Å². The van der Waals surface area contributed by atoms with Crippen LogP contribution in [-0.4, -0.2) is 63.9 Å². The number of likely N-dealkylation sites (tertiary alicyclic amines) is 1. The number of nitrogens with zero attached hydrogens (tertiary/aromatic N) is 2. The van der Waals surface area contributed by atoms with Gasteiger partial charge in [-0.15, -0.1) is 0 Å². The van der Waals surface area contributed by atoms with Crippen molar-refractivity contribution in [3.05, 3.63) is 59.2 Å². The number of carbonyl (C=O) groups excluding carboxylic acids is 3. The smallest absolute Gasteiger partial charge is 0.255 e. The molecule has 0 radical (unpaired) electrons. The molecule has 2 aromatic rings. The van der Waals surface area contributed by atoms with Crippen LogP contribution in [-0.2, 0) is 16.1 Å². The highest BCUT2D eigenvalue weighted by Crippen LogP contribution is 2.37. The molecule has 0 spiro atoms. The predicted octanol–water partition coefficient (Wildman–Crippen LogP) is 2.94. The van der Waals surface area contributed by atoms with Crippen molar-refractivity contribution >= 4 is 17.7 Å². The minimum absolute atomic E-state index is 0.0981. The molecule has 8 heteroatoms. The Morgan fingerprint density at radius 1 is 0.944 bits per heavy atom. The normalized spacial score (nSPS) is 26.9. The van der Waals surface area contributed by atoms with Crippen LogP contribution < -0.4 is 10.1 Å². The zero-order valence-corrected chi connectivity index (χ0v) is 20.2. The standard InChI is InChI=1S/C28H31N3O5/c32-20-7-5-17(6-8-20)19-14-30(15-19)23-3-1-2-4-25(23)36-21-9-10-22-18(13-21)16-31(28(22)35)24-11-12-26(33)29-27(24)34/h5-10,13,19,23-25,32H,1-4,11-12,14-16H2,(H,29,33,34)/t23-,24?,25+/m0/s1. The first-order valence-electron chi connectivity index (χ1n) is 12.9. The number of benzene rings is 2. The van der Waals surface area contributed by atoms with Gasteiger partial charge < -0.3 is 14.7 Å². The number of phenols is 1. The van der Waals surface area contributed by atoms with Crippen LogP contribution in [0.15, 0.2) is 42.5 Å². The maximum Gasteiger partial charge on any atom is 0.255 e. The van der Waals surface area contributed by atoms with E-state index in [1.807, 2.05) is 24.3 Å². The van der Waals surface area contributed by atoms with Gasteiger partial charge in [0.25, 0.3) is 5.91 Å². The van der Waals surface area contributed by atoms with E-state index in [0.717, 1.165) is 43.7 Å². The van der Waals surface area contributed by atoms with E-state index >= 15 is 0 Å². The summed E-state index contributed by atoms with van der Waals surface area (Å²) in [5.74, 6) is 0.704. The van der Waals surface area contributed by atoms with Crippen LogP contribution in [0.3, 0.4) is 0 Å². The Kier molecular flexibility index (Phi) is 5.91. The fraction of sp³-hybridized carbons (Fsp3) is 0.464. The van der Waals surface area contributed by atoms with Crippen LogP contribution in [0.25, 0.3) is 0 Å². The third kappa shape index (κ3) is 4.23. The molecule has 1 saturated carbocycles. The minimum Gasteiger partial charge on any atom is -0.508 e. The number of amides is 3. The Labute approximate surface area is 210 Å². The molecule has 188 valence electrons. The van der Waals surface area contributed by atoms with Crippen molar-refractivity contribution in [1.82, 2.24) is 15.1 Å². The molecule has 6 rings (SSSR count).